The minimum absolute atomic E-state index is 0.0371. The number of terminal acetylenes is 1. The van der Waals surface area contributed by atoms with Crippen LogP contribution in [0.2, 0.25) is 5.02 Å². The summed E-state index contributed by atoms with van der Waals surface area (Å²) in [6, 6.07) is 9.75. The molecule has 4 N–H and O–H groups in total. The lowest BCUT2D eigenvalue weighted by atomic mass is 9.99. The molecule has 39 heavy (non-hydrogen) atoms. The Kier molecular flexibility index (Phi) is 10.9. The van der Waals surface area contributed by atoms with E-state index in [0.29, 0.717) is 12.1 Å². The minimum Gasteiger partial charge on any atom is -0.493 e. The molecule has 0 aromatic heterocycles. The summed E-state index contributed by atoms with van der Waals surface area (Å²) in [6.45, 7) is -0.350. The molecule has 0 saturated carbocycles. The summed E-state index contributed by atoms with van der Waals surface area (Å²) in [5.41, 5.74) is 1.36. The van der Waals surface area contributed by atoms with Crippen LogP contribution in [0.15, 0.2) is 36.4 Å². The monoisotopic (exact) mass is 563 g/mol. The normalized spacial score (nSPS) is 22.4. The highest BCUT2D eigenvalue weighted by Gasteiger charge is 2.44. The second-order valence-corrected chi connectivity index (χ2v) is 8.99. The third-order valence-corrected chi connectivity index (χ3v) is 6.12. The predicted octanol–water partition coefficient (Wildman–Crippen LogP) is 1.89. The third-order valence-electron chi connectivity index (χ3n) is 5.83. The van der Waals surface area contributed by atoms with Gasteiger partial charge in [0.1, 0.15) is 37.6 Å². The Morgan fingerprint density at radius 1 is 1.13 bits per heavy atom. The van der Waals surface area contributed by atoms with Crippen molar-refractivity contribution < 1.29 is 48.6 Å². The van der Waals surface area contributed by atoms with Crippen molar-refractivity contribution in [3.05, 3.63) is 52.5 Å². The number of carbonyl (C=O) groups excluding carboxylic acids is 2. The summed E-state index contributed by atoms with van der Waals surface area (Å²) in [4.78, 5) is 24.6. The zero-order valence-corrected chi connectivity index (χ0v) is 22.1. The maximum absolute atomic E-state index is 12.7. The lowest BCUT2D eigenvalue weighted by Gasteiger charge is -2.39. The van der Waals surface area contributed by atoms with Crippen molar-refractivity contribution >= 4 is 29.2 Å². The van der Waals surface area contributed by atoms with E-state index in [0.717, 1.165) is 5.56 Å². The summed E-state index contributed by atoms with van der Waals surface area (Å²) in [6.07, 6.45) is -1.13. The van der Waals surface area contributed by atoms with Crippen LogP contribution in [0.25, 0.3) is 0 Å². The number of rotatable bonds is 11. The number of hydrogen-bond acceptors (Lipinski definition) is 10. The first-order chi connectivity index (χ1) is 18.7. The first-order valence-corrected chi connectivity index (χ1v) is 12.3. The van der Waals surface area contributed by atoms with Crippen molar-refractivity contribution in [2.45, 2.75) is 50.2 Å². The van der Waals surface area contributed by atoms with E-state index in [2.05, 4.69) is 11.2 Å². The fourth-order valence-electron chi connectivity index (χ4n) is 3.77. The lowest BCUT2D eigenvalue weighted by molar-refractivity contribution is -0.294. The zero-order valence-electron chi connectivity index (χ0n) is 21.3. The molecule has 11 nitrogen and oxygen atoms in total. The molecule has 0 unspecified atom stereocenters. The molecule has 0 aliphatic carbocycles. The van der Waals surface area contributed by atoms with Gasteiger partial charge in [0.15, 0.2) is 17.8 Å². The number of hydrogen-bond donors (Lipinski definition) is 4. The van der Waals surface area contributed by atoms with Gasteiger partial charge in [0.05, 0.1) is 17.7 Å². The van der Waals surface area contributed by atoms with Crippen LogP contribution in [0.5, 0.6) is 11.5 Å². The molecular weight excluding hydrogens is 534 g/mol. The summed E-state index contributed by atoms with van der Waals surface area (Å²) >= 11 is 6.39. The van der Waals surface area contributed by atoms with Crippen LogP contribution in [0.3, 0.4) is 0 Å². The second-order valence-electron chi connectivity index (χ2n) is 8.58. The Morgan fingerprint density at radius 3 is 2.59 bits per heavy atom. The number of nitrogens with one attached hydrogen (secondary N) is 1. The van der Waals surface area contributed by atoms with Crippen molar-refractivity contribution in [1.29, 1.82) is 0 Å². The predicted molar refractivity (Wildman–Crippen MR) is 139 cm³/mol. The topological polar surface area (TPSA) is 153 Å². The van der Waals surface area contributed by atoms with E-state index < -0.39 is 43.3 Å². The Labute approximate surface area is 230 Å². The molecule has 1 saturated heterocycles. The maximum atomic E-state index is 12.7. The summed E-state index contributed by atoms with van der Waals surface area (Å²) in [5, 5.41) is 32.8. The summed E-state index contributed by atoms with van der Waals surface area (Å²) in [7, 11) is 2.64. The Balaban J connectivity index is 1.64. The van der Waals surface area contributed by atoms with Gasteiger partial charge in [0, 0.05) is 25.6 Å². The van der Waals surface area contributed by atoms with Gasteiger partial charge in [-0.1, -0.05) is 23.7 Å². The van der Waals surface area contributed by atoms with E-state index in [4.69, 9.17) is 41.7 Å². The quantitative estimate of drug-likeness (QED) is 0.235. The van der Waals surface area contributed by atoms with Crippen LogP contribution >= 0.6 is 11.6 Å². The lowest BCUT2D eigenvalue weighted by Crippen LogP contribution is -2.59. The van der Waals surface area contributed by atoms with E-state index in [-0.39, 0.29) is 41.0 Å². The number of methoxy groups -OCH3 is 2. The molecule has 3 rings (SSSR count). The van der Waals surface area contributed by atoms with E-state index in [1.807, 2.05) is 0 Å². The van der Waals surface area contributed by atoms with Crippen molar-refractivity contribution in [3.63, 3.8) is 0 Å². The van der Waals surface area contributed by atoms with Gasteiger partial charge in [-0.2, -0.15) is 0 Å². The van der Waals surface area contributed by atoms with Crippen LogP contribution in [-0.4, -0.2) is 78.7 Å². The molecule has 2 aromatic rings. The van der Waals surface area contributed by atoms with Gasteiger partial charge in [0.2, 0.25) is 5.91 Å². The summed E-state index contributed by atoms with van der Waals surface area (Å²) < 4.78 is 26.7. The number of halogens is 1. The zero-order chi connectivity index (χ0) is 28.5. The SMILES string of the molecule is C#CCCC(=O)Nc1cccc(COc2c(Cl)cc(C(=O)OC[C@H]3O[C@H](OC)[C@H](O)[C@@H](O)[C@@H]3O)cc2OC)c1. The molecule has 12 heteroatoms. The number of anilines is 1. The van der Waals surface area contributed by atoms with Crippen molar-refractivity contribution in [2.75, 3.05) is 26.1 Å². The van der Waals surface area contributed by atoms with E-state index >= 15 is 0 Å². The third kappa shape index (κ3) is 7.83. The van der Waals surface area contributed by atoms with E-state index in [1.165, 1.54) is 26.4 Å². The molecule has 0 bridgehead atoms. The molecule has 0 spiro atoms. The van der Waals surface area contributed by atoms with Gasteiger partial charge in [0.25, 0.3) is 0 Å². The van der Waals surface area contributed by atoms with Gasteiger partial charge < -0.3 is 44.3 Å². The van der Waals surface area contributed by atoms with Crippen molar-refractivity contribution in [3.8, 4) is 23.8 Å². The minimum atomic E-state index is -1.55. The highest BCUT2D eigenvalue weighted by Crippen LogP contribution is 2.37. The molecule has 5 atom stereocenters. The van der Waals surface area contributed by atoms with E-state index in [1.54, 1.807) is 24.3 Å². The van der Waals surface area contributed by atoms with Crippen molar-refractivity contribution in [1.82, 2.24) is 0 Å². The van der Waals surface area contributed by atoms with Crippen LogP contribution in [0.4, 0.5) is 5.69 Å². The Morgan fingerprint density at radius 2 is 1.90 bits per heavy atom. The van der Waals surface area contributed by atoms with Gasteiger partial charge in [-0.15, -0.1) is 12.3 Å². The molecular formula is C27H30ClNO10. The van der Waals surface area contributed by atoms with Gasteiger partial charge in [-0.05, 0) is 29.8 Å². The molecule has 1 fully saturated rings. The van der Waals surface area contributed by atoms with Crippen LogP contribution in [0.1, 0.15) is 28.8 Å². The fourth-order valence-corrected chi connectivity index (χ4v) is 4.04. The standard InChI is InChI=1S/C27H30ClNO10/c1-4-5-9-21(30)29-17-8-6-7-15(10-17)13-37-25-18(28)11-16(12-19(25)35-2)26(34)38-14-20-22(31)23(32)24(33)27(36-3)39-20/h1,6-8,10-12,20,22-24,27,31-33H,5,9,13-14H2,2-3H3,(H,29,30)/t20-,22-,23+,24-,27+/m1/s1. The average molecular weight is 564 g/mol. The number of esters is 1. The number of aliphatic hydroxyl groups excluding tert-OH is 3. The molecule has 210 valence electrons. The highest BCUT2D eigenvalue weighted by atomic mass is 35.5. The molecule has 1 heterocycles. The largest absolute Gasteiger partial charge is 0.493 e. The fraction of sp³-hybridized carbons (Fsp3) is 0.407. The average Bonchev–Trinajstić information content (AvgIpc) is 2.93. The van der Waals surface area contributed by atoms with Gasteiger partial charge >= 0.3 is 5.97 Å². The first-order valence-electron chi connectivity index (χ1n) is 11.9. The molecule has 1 amide bonds. The number of ether oxygens (including phenoxy) is 5. The number of carbonyl (C=O) groups is 2. The second kappa shape index (κ2) is 14.1. The van der Waals surface area contributed by atoms with Crippen LogP contribution < -0.4 is 14.8 Å². The van der Waals surface area contributed by atoms with Crippen molar-refractivity contribution in [2.24, 2.45) is 0 Å². The molecule has 1 aliphatic rings. The summed E-state index contributed by atoms with van der Waals surface area (Å²) in [5.74, 6) is 1.77. The molecule has 1 aliphatic heterocycles. The molecule has 2 aromatic carbocycles. The Bertz CT molecular complexity index is 1200. The smallest absolute Gasteiger partial charge is 0.338 e. The van der Waals surface area contributed by atoms with Crippen LogP contribution in [-0.2, 0) is 25.6 Å². The first kappa shape index (κ1) is 30.2. The maximum Gasteiger partial charge on any atom is 0.338 e. The Hall–Kier alpha value is -3.37. The van der Waals surface area contributed by atoms with Crippen LogP contribution in [0, 0.1) is 12.3 Å². The number of aliphatic hydroxyl groups is 3. The highest BCUT2D eigenvalue weighted by molar-refractivity contribution is 6.32. The van der Waals surface area contributed by atoms with Gasteiger partial charge in [-0.3, -0.25) is 4.79 Å². The number of amides is 1. The van der Waals surface area contributed by atoms with Gasteiger partial charge in [-0.25, -0.2) is 4.79 Å². The number of benzene rings is 2. The molecule has 0 radical (unpaired) electrons. The van der Waals surface area contributed by atoms with E-state index in [9.17, 15) is 24.9 Å².